The van der Waals surface area contributed by atoms with Gasteiger partial charge < -0.3 is 30.9 Å². The number of nitrogens with one attached hydrogen (secondary N) is 3. The summed E-state index contributed by atoms with van der Waals surface area (Å²) in [4.78, 5) is 65.5. The molecule has 11 nitrogen and oxygen atoms in total. The van der Waals surface area contributed by atoms with Gasteiger partial charge in [0.25, 0.3) is 0 Å². The largest absolute Gasteiger partial charge is 0.481 e. The highest BCUT2D eigenvalue weighted by atomic mass is 16.4. The van der Waals surface area contributed by atoms with Gasteiger partial charge in [0.15, 0.2) is 0 Å². The Hall–Kier alpha value is -2.69. The zero-order valence-electron chi connectivity index (χ0n) is 19.5. The van der Waals surface area contributed by atoms with Crippen LogP contribution in [0.3, 0.4) is 0 Å². The molecule has 5 aliphatic rings. The summed E-state index contributed by atoms with van der Waals surface area (Å²) in [6.07, 6.45) is 5.10. The molecule has 2 bridgehead atoms. The molecule has 0 unspecified atom stereocenters. The van der Waals surface area contributed by atoms with E-state index < -0.39 is 30.4 Å². The Bertz CT molecular complexity index is 821. The van der Waals surface area contributed by atoms with E-state index in [4.69, 9.17) is 0 Å². The quantitative estimate of drug-likeness (QED) is 0.313. The van der Waals surface area contributed by atoms with Gasteiger partial charge in [-0.1, -0.05) is 0 Å². The Kier molecular flexibility index (Phi) is 7.70. The minimum atomic E-state index is -1.18. The smallest absolute Gasteiger partial charge is 0.305 e. The molecule has 0 aromatic heterocycles. The molecular formula is C23H35N5O6. The van der Waals surface area contributed by atoms with Crippen LogP contribution in [0, 0.1) is 11.8 Å². The second-order valence-electron chi connectivity index (χ2n) is 9.86. The average molecular weight is 478 g/mol. The summed E-state index contributed by atoms with van der Waals surface area (Å²) in [5, 5.41) is 18.2. The van der Waals surface area contributed by atoms with Crippen LogP contribution in [0.15, 0.2) is 0 Å². The van der Waals surface area contributed by atoms with Gasteiger partial charge in [-0.2, -0.15) is 0 Å². The summed E-state index contributed by atoms with van der Waals surface area (Å²) in [5.74, 6) is -2.15. The molecule has 1 aliphatic carbocycles. The molecule has 5 rings (SSSR count). The van der Waals surface area contributed by atoms with E-state index in [1.807, 2.05) is 0 Å². The van der Waals surface area contributed by atoms with Crippen LogP contribution in [-0.4, -0.2) is 95.4 Å². The number of carboxylic acid groups (broad SMARTS) is 1. The third-order valence-corrected chi connectivity index (χ3v) is 7.70. The van der Waals surface area contributed by atoms with E-state index in [1.54, 1.807) is 4.90 Å². The molecule has 34 heavy (non-hydrogen) atoms. The van der Waals surface area contributed by atoms with Crippen molar-refractivity contribution in [2.24, 2.45) is 11.8 Å². The van der Waals surface area contributed by atoms with Gasteiger partial charge in [-0.25, -0.2) is 0 Å². The first-order valence-corrected chi connectivity index (χ1v) is 12.5. The number of carbonyl (C=O) groups excluding carboxylic acids is 4. The molecule has 2 atom stereocenters. The van der Waals surface area contributed by atoms with E-state index >= 15 is 0 Å². The minimum absolute atomic E-state index is 0.0150. The molecule has 0 radical (unpaired) electrons. The summed E-state index contributed by atoms with van der Waals surface area (Å²) in [6.45, 7) is 2.09. The van der Waals surface area contributed by atoms with Gasteiger partial charge in [0.2, 0.25) is 23.6 Å². The van der Waals surface area contributed by atoms with E-state index in [1.165, 1.54) is 4.90 Å². The maximum Gasteiger partial charge on any atom is 0.305 e. The summed E-state index contributed by atoms with van der Waals surface area (Å²) < 4.78 is 0. The molecule has 4 saturated heterocycles. The number of rotatable bonds is 9. The maximum absolute atomic E-state index is 13.3. The van der Waals surface area contributed by atoms with E-state index in [9.17, 15) is 29.1 Å². The molecule has 0 spiro atoms. The van der Waals surface area contributed by atoms with Crippen LogP contribution in [0.1, 0.15) is 51.4 Å². The normalized spacial score (nSPS) is 29.1. The minimum Gasteiger partial charge on any atom is -0.481 e. The van der Waals surface area contributed by atoms with Crippen molar-refractivity contribution in [1.82, 2.24) is 25.8 Å². The highest BCUT2D eigenvalue weighted by Crippen LogP contribution is 2.43. The second-order valence-corrected chi connectivity index (χ2v) is 9.86. The van der Waals surface area contributed by atoms with Crippen molar-refractivity contribution in [2.45, 2.75) is 69.5 Å². The lowest BCUT2D eigenvalue weighted by Gasteiger charge is -2.56. The summed E-state index contributed by atoms with van der Waals surface area (Å²) >= 11 is 0. The van der Waals surface area contributed by atoms with Crippen LogP contribution < -0.4 is 16.0 Å². The molecule has 4 N–H and O–H groups in total. The van der Waals surface area contributed by atoms with Crippen molar-refractivity contribution < 1.29 is 29.1 Å². The van der Waals surface area contributed by atoms with Crippen LogP contribution >= 0.6 is 0 Å². The lowest BCUT2D eigenvalue weighted by atomic mass is 9.72. The lowest BCUT2D eigenvalue weighted by Crippen LogP contribution is -2.72. The predicted octanol–water partition coefficient (Wildman–Crippen LogP) is -0.936. The fraction of sp³-hybridized carbons (Fsp3) is 0.783. The van der Waals surface area contributed by atoms with Gasteiger partial charge in [-0.05, 0) is 64.0 Å². The first-order chi connectivity index (χ1) is 16.4. The molecule has 4 heterocycles. The van der Waals surface area contributed by atoms with Crippen molar-refractivity contribution in [3.8, 4) is 0 Å². The van der Waals surface area contributed by atoms with E-state index in [-0.39, 0.29) is 42.1 Å². The number of carbonyl (C=O) groups is 5. The zero-order valence-corrected chi connectivity index (χ0v) is 19.5. The van der Waals surface area contributed by atoms with Gasteiger partial charge in [0, 0.05) is 25.0 Å². The van der Waals surface area contributed by atoms with Crippen LogP contribution in [0.25, 0.3) is 0 Å². The highest BCUT2D eigenvalue weighted by molar-refractivity contribution is 6.01. The van der Waals surface area contributed by atoms with Crippen molar-refractivity contribution in [1.29, 1.82) is 0 Å². The van der Waals surface area contributed by atoms with Crippen LogP contribution in [-0.2, 0) is 24.0 Å². The Labute approximate surface area is 199 Å². The number of piperidine rings is 3. The topological polar surface area (TPSA) is 148 Å². The van der Waals surface area contributed by atoms with Crippen LogP contribution in [0.5, 0.6) is 0 Å². The number of piperazine rings is 1. The fourth-order valence-corrected chi connectivity index (χ4v) is 5.93. The predicted molar refractivity (Wildman–Crippen MR) is 120 cm³/mol. The van der Waals surface area contributed by atoms with Crippen molar-refractivity contribution in [3.63, 3.8) is 0 Å². The number of carboxylic acids is 1. The summed E-state index contributed by atoms with van der Waals surface area (Å²) in [5.41, 5.74) is 0. The highest BCUT2D eigenvalue weighted by Gasteiger charge is 2.55. The number of aliphatic carboxylic acids is 1. The second kappa shape index (κ2) is 10.7. The van der Waals surface area contributed by atoms with Gasteiger partial charge in [0.05, 0.1) is 6.42 Å². The Morgan fingerprint density at radius 2 is 1.62 bits per heavy atom. The molecule has 0 aromatic carbocycles. The molecule has 4 aliphatic heterocycles. The zero-order chi connectivity index (χ0) is 24.2. The van der Waals surface area contributed by atoms with Crippen molar-refractivity contribution >= 4 is 29.6 Å². The Morgan fingerprint density at radius 3 is 2.29 bits per heavy atom. The molecule has 4 amide bonds. The van der Waals surface area contributed by atoms with Crippen molar-refractivity contribution in [2.75, 3.05) is 32.7 Å². The molecule has 188 valence electrons. The average Bonchev–Trinajstić information content (AvgIpc) is 2.84. The third kappa shape index (κ3) is 5.18. The van der Waals surface area contributed by atoms with E-state index in [0.29, 0.717) is 19.5 Å². The van der Waals surface area contributed by atoms with Gasteiger partial charge >= 0.3 is 5.97 Å². The first kappa shape index (κ1) is 24.4. The van der Waals surface area contributed by atoms with Gasteiger partial charge in [-0.15, -0.1) is 0 Å². The summed E-state index contributed by atoms with van der Waals surface area (Å²) in [7, 11) is 0. The van der Waals surface area contributed by atoms with Gasteiger partial charge in [-0.3, -0.25) is 24.0 Å². The van der Waals surface area contributed by atoms with Crippen LogP contribution in [0.2, 0.25) is 0 Å². The number of hydrogen-bond acceptors (Lipinski definition) is 6. The maximum atomic E-state index is 13.3. The van der Waals surface area contributed by atoms with Gasteiger partial charge in [0.1, 0.15) is 18.6 Å². The lowest BCUT2D eigenvalue weighted by molar-refractivity contribution is -0.177. The molecule has 5 fully saturated rings. The SMILES string of the molecule is O=C(O)C[C@H]1C(=O)N2C3CCC(CC3)[C@H]2C(=O)N1CC(=O)NCCCNC(=O)C1CCNCC1. The number of nitrogens with zero attached hydrogens (tertiary/aromatic N) is 2. The van der Waals surface area contributed by atoms with E-state index in [2.05, 4.69) is 16.0 Å². The third-order valence-electron chi connectivity index (χ3n) is 7.70. The monoisotopic (exact) mass is 477 g/mol. The molecular weight excluding hydrogens is 442 g/mol. The Morgan fingerprint density at radius 1 is 0.941 bits per heavy atom. The molecule has 1 saturated carbocycles. The fourth-order valence-electron chi connectivity index (χ4n) is 5.93. The molecule has 11 heteroatoms. The summed E-state index contributed by atoms with van der Waals surface area (Å²) in [6, 6.07) is -1.75. The Balaban J connectivity index is 1.28. The number of fused-ring (bicyclic) bond motifs is 2. The van der Waals surface area contributed by atoms with E-state index in [0.717, 1.165) is 51.6 Å². The van der Waals surface area contributed by atoms with Crippen molar-refractivity contribution in [3.05, 3.63) is 0 Å². The van der Waals surface area contributed by atoms with Crippen LogP contribution in [0.4, 0.5) is 0 Å². The standard InChI is InChI=1S/C23H35N5O6/c29-18(25-8-1-9-26-21(32)15-6-10-24-11-7-15)13-27-17(12-19(30)31)22(33)28-16-4-2-14(3-5-16)20(28)23(27)34/h14-17,20,24H,1-13H2,(H,25,29)(H,26,32)(H,30,31)/t14?,16?,17-,20-/m0/s1. The number of hydrogen-bond donors (Lipinski definition) is 4. The molecule has 0 aromatic rings. The number of amides is 4. The first-order valence-electron chi connectivity index (χ1n) is 12.5.